The Morgan fingerprint density at radius 2 is 1.43 bits per heavy atom. The molecule has 0 saturated carbocycles. The monoisotopic (exact) mass is 306 g/mol. The number of nitrogens with zero attached hydrogens (tertiary/aromatic N) is 1. The quantitative estimate of drug-likeness (QED) is 0.864. The predicted octanol–water partition coefficient (Wildman–Crippen LogP) is 4.77. The van der Waals surface area contributed by atoms with Crippen molar-refractivity contribution in [2.24, 2.45) is 4.99 Å². The molecule has 1 aliphatic heterocycles. The highest BCUT2D eigenvalue weighted by atomic mass is 15.0. The molecule has 0 aromatic heterocycles. The molecular weight excluding hydrogens is 280 g/mol. The average Bonchev–Trinajstić information content (AvgIpc) is 2.86. The van der Waals surface area contributed by atoms with Crippen molar-refractivity contribution in [1.82, 2.24) is 5.32 Å². The molecular formula is C21H26N2. The van der Waals surface area contributed by atoms with Gasteiger partial charge in [-0.25, -0.2) is 0 Å². The summed E-state index contributed by atoms with van der Waals surface area (Å²) in [6.45, 7) is 3.24. The van der Waals surface area contributed by atoms with Crippen LogP contribution in [0, 0.1) is 0 Å². The summed E-state index contributed by atoms with van der Waals surface area (Å²) in [4.78, 5) is 4.74. The number of rotatable bonds is 4. The molecule has 2 nitrogen and oxygen atoms in total. The van der Waals surface area contributed by atoms with E-state index in [4.69, 9.17) is 4.99 Å². The highest BCUT2D eigenvalue weighted by molar-refractivity contribution is 5.82. The molecule has 1 atom stereocenters. The lowest BCUT2D eigenvalue weighted by atomic mass is 9.85. The maximum atomic E-state index is 4.74. The molecule has 1 unspecified atom stereocenters. The maximum absolute atomic E-state index is 4.74. The molecule has 0 bridgehead atoms. The zero-order chi connectivity index (χ0) is 15.9. The van der Waals surface area contributed by atoms with Crippen LogP contribution in [0.1, 0.15) is 49.7 Å². The SMILES string of the molecule is CC(NC1=NCCCCC1)C(c1ccccc1)c1ccccc1. The van der Waals surface area contributed by atoms with Crippen molar-refractivity contribution in [1.29, 1.82) is 0 Å². The van der Waals surface area contributed by atoms with Gasteiger partial charge in [-0.05, 0) is 30.9 Å². The molecule has 23 heavy (non-hydrogen) atoms. The molecule has 2 aromatic carbocycles. The molecule has 3 rings (SSSR count). The standard InChI is InChI=1S/C21H26N2/c1-17(23-20-15-9-4-10-16-22-20)21(18-11-5-2-6-12-18)19-13-7-3-8-14-19/h2-3,5-8,11-14,17,21H,4,9-10,15-16H2,1H3,(H,22,23). The van der Waals surface area contributed by atoms with E-state index in [1.54, 1.807) is 0 Å². The van der Waals surface area contributed by atoms with Gasteiger partial charge in [-0.3, -0.25) is 4.99 Å². The fourth-order valence-electron chi connectivity index (χ4n) is 3.43. The van der Waals surface area contributed by atoms with Gasteiger partial charge < -0.3 is 5.32 Å². The van der Waals surface area contributed by atoms with Gasteiger partial charge >= 0.3 is 0 Å². The first-order valence-electron chi connectivity index (χ1n) is 8.74. The van der Waals surface area contributed by atoms with Gasteiger partial charge in [-0.1, -0.05) is 67.1 Å². The maximum Gasteiger partial charge on any atom is 0.0965 e. The summed E-state index contributed by atoms with van der Waals surface area (Å²) >= 11 is 0. The fraction of sp³-hybridized carbons (Fsp3) is 0.381. The van der Waals surface area contributed by atoms with E-state index in [1.807, 2.05) is 0 Å². The molecule has 2 heteroatoms. The van der Waals surface area contributed by atoms with Crippen molar-refractivity contribution < 1.29 is 0 Å². The van der Waals surface area contributed by atoms with Gasteiger partial charge in [0.05, 0.1) is 5.84 Å². The number of benzene rings is 2. The van der Waals surface area contributed by atoms with E-state index < -0.39 is 0 Å². The van der Waals surface area contributed by atoms with Crippen LogP contribution < -0.4 is 5.32 Å². The van der Waals surface area contributed by atoms with Crippen LogP contribution in [0.2, 0.25) is 0 Å². The van der Waals surface area contributed by atoms with Crippen LogP contribution in [-0.4, -0.2) is 18.4 Å². The van der Waals surface area contributed by atoms with Crippen LogP contribution >= 0.6 is 0 Å². The van der Waals surface area contributed by atoms with E-state index in [-0.39, 0.29) is 0 Å². The van der Waals surface area contributed by atoms with Crippen LogP contribution in [0.4, 0.5) is 0 Å². The third-order valence-corrected chi connectivity index (χ3v) is 4.59. The molecule has 0 amide bonds. The molecule has 2 aromatic rings. The summed E-state index contributed by atoms with van der Waals surface area (Å²) in [5.74, 6) is 1.52. The Bertz CT molecular complexity index is 579. The molecule has 0 spiro atoms. The Morgan fingerprint density at radius 1 is 0.826 bits per heavy atom. The Labute approximate surface area is 139 Å². The minimum Gasteiger partial charge on any atom is -0.370 e. The highest BCUT2D eigenvalue weighted by Crippen LogP contribution is 2.28. The fourth-order valence-corrected chi connectivity index (χ4v) is 3.43. The van der Waals surface area contributed by atoms with Gasteiger partial charge in [-0.2, -0.15) is 0 Å². The van der Waals surface area contributed by atoms with E-state index in [0.29, 0.717) is 12.0 Å². The van der Waals surface area contributed by atoms with Crippen molar-refractivity contribution in [3.63, 3.8) is 0 Å². The topological polar surface area (TPSA) is 24.4 Å². The van der Waals surface area contributed by atoms with E-state index in [9.17, 15) is 0 Å². The first kappa shape index (κ1) is 15.8. The van der Waals surface area contributed by atoms with Crippen molar-refractivity contribution in [2.75, 3.05) is 6.54 Å². The Morgan fingerprint density at radius 3 is 2.04 bits per heavy atom. The van der Waals surface area contributed by atoms with Gasteiger partial charge in [0.25, 0.3) is 0 Å². The van der Waals surface area contributed by atoms with Crippen LogP contribution in [-0.2, 0) is 0 Å². The lowest BCUT2D eigenvalue weighted by Gasteiger charge is -2.27. The van der Waals surface area contributed by atoms with Crippen LogP contribution in [0.25, 0.3) is 0 Å². The second kappa shape index (κ2) is 7.96. The normalized spacial score (nSPS) is 16.5. The first-order valence-corrected chi connectivity index (χ1v) is 8.74. The zero-order valence-electron chi connectivity index (χ0n) is 13.9. The Hall–Kier alpha value is -2.09. The van der Waals surface area contributed by atoms with E-state index >= 15 is 0 Å². The van der Waals surface area contributed by atoms with Gasteiger partial charge in [0.1, 0.15) is 0 Å². The number of hydrogen-bond acceptors (Lipinski definition) is 2. The number of nitrogens with one attached hydrogen (secondary N) is 1. The van der Waals surface area contributed by atoms with E-state index in [0.717, 1.165) is 13.0 Å². The van der Waals surface area contributed by atoms with E-state index in [1.165, 1.54) is 36.2 Å². The third kappa shape index (κ3) is 4.22. The third-order valence-electron chi connectivity index (χ3n) is 4.59. The molecule has 0 aliphatic carbocycles. The molecule has 0 radical (unpaired) electrons. The van der Waals surface area contributed by atoms with Crippen LogP contribution in [0.5, 0.6) is 0 Å². The molecule has 1 aliphatic rings. The van der Waals surface area contributed by atoms with Crippen LogP contribution in [0.15, 0.2) is 65.7 Å². The van der Waals surface area contributed by atoms with Gasteiger partial charge in [0.15, 0.2) is 0 Å². The molecule has 120 valence electrons. The number of hydrogen-bond donors (Lipinski definition) is 1. The summed E-state index contributed by atoms with van der Waals surface area (Å²) in [5, 5.41) is 3.71. The predicted molar refractivity (Wildman–Crippen MR) is 98.1 cm³/mol. The van der Waals surface area contributed by atoms with E-state index in [2.05, 4.69) is 72.9 Å². The zero-order valence-corrected chi connectivity index (χ0v) is 13.9. The van der Waals surface area contributed by atoms with Gasteiger partial charge in [-0.15, -0.1) is 0 Å². The summed E-state index contributed by atoms with van der Waals surface area (Å²) in [5.41, 5.74) is 2.71. The summed E-state index contributed by atoms with van der Waals surface area (Å²) in [7, 11) is 0. The smallest absolute Gasteiger partial charge is 0.0965 e. The minimum absolute atomic E-state index is 0.316. The summed E-state index contributed by atoms with van der Waals surface area (Å²) in [6, 6.07) is 21.9. The Kier molecular flexibility index (Phi) is 5.46. The van der Waals surface area contributed by atoms with Crippen molar-refractivity contribution in [3.05, 3.63) is 71.8 Å². The van der Waals surface area contributed by atoms with Crippen molar-refractivity contribution in [3.8, 4) is 0 Å². The minimum atomic E-state index is 0.316. The molecule has 1 heterocycles. The second-order valence-corrected chi connectivity index (χ2v) is 6.37. The highest BCUT2D eigenvalue weighted by Gasteiger charge is 2.22. The first-order chi connectivity index (χ1) is 11.3. The van der Waals surface area contributed by atoms with Crippen molar-refractivity contribution in [2.45, 2.75) is 44.6 Å². The van der Waals surface area contributed by atoms with Crippen molar-refractivity contribution >= 4 is 5.84 Å². The van der Waals surface area contributed by atoms with Crippen LogP contribution in [0.3, 0.4) is 0 Å². The average molecular weight is 306 g/mol. The Balaban J connectivity index is 1.84. The lowest BCUT2D eigenvalue weighted by molar-refractivity contribution is 0.579. The molecule has 0 fully saturated rings. The van der Waals surface area contributed by atoms with Gasteiger partial charge in [0, 0.05) is 24.9 Å². The summed E-state index contributed by atoms with van der Waals surface area (Å²) in [6.07, 6.45) is 4.85. The summed E-state index contributed by atoms with van der Waals surface area (Å²) < 4.78 is 0. The molecule has 0 saturated heterocycles. The molecule has 1 N–H and O–H groups in total. The number of amidine groups is 1. The largest absolute Gasteiger partial charge is 0.370 e. The second-order valence-electron chi connectivity index (χ2n) is 6.37. The number of aliphatic imine (C=N–C) groups is 1. The lowest BCUT2D eigenvalue weighted by Crippen LogP contribution is -2.37. The van der Waals surface area contributed by atoms with Gasteiger partial charge in [0.2, 0.25) is 0 Å².